The largest absolute Gasteiger partial charge is 0.325 e. The smallest absolute Gasteiger partial charge is 0.319 e. The number of urea groups is 1. The van der Waals surface area contributed by atoms with Crippen molar-refractivity contribution >= 4 is 29.1 Å². The number of hydrogen-bond donors (Lipinski definition) is 1. The van der Waals surface area contributed by atoms with Gasteiger partial charge >= 0.3 is 6.03 Å². The van der Waals surface area contributed by atoms with Crippen molar-refractivity contribution in [3.8, 4) is 0 Å². The van der Waals surface area contributed by atoms with E-state index < -0.39 is 17.5 Å². The van der Waals surface area contributed by atoms with Crippen LogP contribution in [0, 0.1) is 13.8 Å². The Morgan fingerprint density at radius 2 is 1.88 bits per heavy atom. The molecule has 0 radical (unpaired) electrons. The number of nitrogens with zero attached hydrogens (tertiary/aromatic N) is 1. The fourth-order valence-corrected chi connectivity index (χ4v) is 3.89. The van der Waals surface area contributed by atoms with Crippen LogP contribution in [0.4, 0.5) is 4.79 Å². The minimum absolute atomic E-state index is 0.224. The number of benzene rings is 1. The zero-order chi connectivity index (χ0) is 17.5. The molecule has 2 heterocycles. The maximum absolute atomic E-state index is 12.8. The lowest BCUT2D eigenvalue weighted by Gasteiger charge is -2.22. The molecule has 1 aliphatic rings. The Bertz CT molecular complexity index is 828. The number of carbonyl (C=O) groups is 3. The lowest BCUT2D eigenvalue weighted by atomic mass is 9.92. The lowest BCUT2D eigenvalue weighted by Crippen LogP contribution is -2.41. The van der Waals surface area contributed by atoms with Crippen LogP contribution in [0.5, 0.6) is 0 Å². The van der Waals surface area contributed by atoms with Crippen molar-refractivity contribution in [2.45, 2.75) is 26.3 Å². The van der Waals surface area contributed by atoms with E-state index in [1.165, 1.54) is 11.3 Å². The van der Waals surface area contributed by atoms with E-state index >= 15 is 0 Å². The fourth-order valence-electron chi connectivity index (χ4n) is 2.94. The summed E-state index contributed by atoms with van der Waals surface area (Å²) in [5.74, 6) is -0.630. The van der Waals surface area contributed by atoms with Crippen molar-refractivity contribution < 1.29 is 14.4 Å². The van der Waals surface area contributed by atoms with Crippen molar-refractivity contribution in [1.82, 2.24) is 10.2 Å². The van der Waals surface area contributed by atoms with Crippen molar-refractivity contribution in [1.29, 1.82) is 0 Å². The molecule has 1 aromatic carbocycles. The molecular formula is C18H18N2O3S. The summed E-state index contributed by atoms with van der Waals surface area (Å²) in [6.45, 7) is 5.20. The van der Waals surface area contributed by atoms with Gasteiger partial charge in [0, 0.05) is 15.3 Å². The maximum atomic E-state index is 12.8. The average molecular weight is 342 g/mol. The van der Waals surface area contributed by atoms with Gasteiger partial charge in [0.2, 0.25) is 0 Å². The highest BCUT2D eigenvalue weighted by molar-refractivity contribution is 7.12. The first-order valence-electron chi connectivity index (χ1n) is 7.63. The molecule has 1 saturated heterocycles. The van der Waals surface area contributed by atoms with Crippen LogP contribution in [-0.4, -0.2) is 29.2 Å². The molecule has 1 aliphatic heterocycles. The Morgan fingerprint density at radius 1 is 1.21 bits per heavy atom. The van der Waals surface area contributed by atoms with Crippen LogP contribution >= 0.6 is 11.3 Å². The van der Waals surface area contributed by atoms with Gasteiger partial charge in [-0.05, 0) is 32.4 Å². The first kappa shape index (κ1) is 16.4. The summed E-state index contributed by atoms with van der Waals surface area (Å²) < 4.78 is 0. The van der Waals surface area contributed by atoms with E-state index in [-0.39, 0.29) is 12.3 Å². The van der Waals surface area contributed by atoms with Crippen LogP contribution in [0.3, 0.4) is 0 Å². The highest BCUT2D eigenvalue weighted by Crippen LogP contribution is 2.29. The highest BCUT2D eigenvalue weighted by Gasteiger charge is 2.49. The molecule has 1 N–H and O–H groups in total. The molecule has 0 unspecified atom stereocenters. The Labute approximate surface area is 144 Å². The Hall–Kier alpha value is -2.47. The molecule has 3 amide bonds. The molecule has 5 nitrogen and oxygen atoms in total. The number of thiophene rings is 1. The Kier molecular flexibility index (Phi) is 4.01. The molecule has 0 saturated carbocycles. The predicted molar refractivity (Wildman–Crippen MR) is 92.2 cm³/mol. The molecule has 6 heteroatoms. The van der Waals surface area contributed by atoms with Gasteiger partial charge < -0.3 is 5.32 Å². The molecule has 0 spiro atoms. The van der Waals surface area contributed by atoms with Gasteiger partial charge in [0.1, 0.15) is 5.54 Å². The number of Topliss-reactive ketones (excluding diaryl/α,β-unsaturated/α-hetero) is 1. The molecule has 3 rings (SSSR count). The summed E-state index contributed by atoms with van der Waals surface area (Å²) in [5, 5.41) is 2.71. The molecule has 1 atom stereocenters. The second kappa shape index (κ2) is 5.87. The molecule has 2 aromatic rings. The normalized spacial score (nSPS) is 20.4. The van der Waals surface area contributed by atoms with E-state index in [1.807, 2.05) is 32.0 Å². The third-order valence-electron chi connectivity index (χ3n) is 4.27. The van der Waals surface area contributed by atoms with Crippen molar-refractivity contribution in [3.63, 3.8) is 0 Å². The molecule has 1 aromatic heterocycles. The Morgan fingerprint density at radius 3 is 2.46 bits per heavy atom. The highest BCUT2D eigenvalue weighted by atomic mass is 32.1. The van der Waals surface area contributed by atoms with Gasteiger partial charge in [-0.15, -0.1) is 11.3 Å². The minimum Gasteiger partial charge on any atom is -0.319 e. The van der Waals surface area contributed by atoms with Crippen LogP contribution in [0.25, 0.3) is 0 Å². The monoisotopic (exact) mass is 342 g/mol. The van der Waals surface area contributed by atoms with Crippen LogP contribution in [0.1, 0.15) is 32.6 Å². The number of aryl methyl sites for hydroxylation is 2. The number of imide groups is 1. The molecule has 1 fully saturated rings. The van der Waals surface area contributed by atoms with Crippen LogP contribution in [-0.2, 0) is 10.3 Å². The molecular weight excluding hydrogens is 324 g/mol. The number of rotatable bonds is 4. The number of ketones is 1. The second-order valence-corrected chi connectivity index (χ2v) is 7.52. The van der Waals surface area contributed by atoms with E-state index in [9.17, 15) is 14.4 Å². The van der Waals surface area contributed by atoms with Gasteiger partial charge in [-0.2, -0.15) is 0 Å². The van der Waals surface area contributed by atoms with Crippen LogP contribution in [0.15, 0.2) is 36.4 Å². The van der Waals surface area contributed by atoms with Crippen LogP contribution < -0.4 is 5.32 Å². The average Bonchev–Trinajstić information content (AvgIpc) is 3.00. The quantitative estimate of drug-likeness (QED) is 0.686. The summed E-state index contributed by atoms with van der Waals surface area (Å²) in [6.07, 6.45) is 0. The van der Waals surface area contributed by atoms with E-state index in [4.69, 9.17) is 0 Å². The van der Waals surface area contributed by atoms with Gasteiger partial charge in [-0.25, -0.2) is 4.79 Å². The van der Waals surface area contributed by atoms with E-state index in [0.29, 0.717) is 11.1 Å². The molecule has 24 heavy (non-hydrogen) atoms. The lowest BCUT2D eigenvalue weighted by molar-refractivity contribution is -0.130. The summed E-state index contributed by atoms with van der Waals surface area (Å²) in [4.78, 5) is 40.5. The zero-order valence-electron chi connectivity index (χ0n) is 13.8. The standard InChI is InChI=1S/C18H18N2O3S/c1-11-9-14(12(2)24-11)15(21)10-20-16(22)18(3,19-17(20)23)13-7-5-4-6-8-13/h4-9H,10H2,1-3H3,(H,19,23)/t18-/m0/s1. The van der Waals surface area contributed by atoms with E-state index in [2.05, 4.69) is 5.32 Å². The molecule has 0 aliphatic carbocycles. The predicted octanol–water partition coefficient (Wildman–Crippen LogP) is 3.01. The number of nitrogens with one attached hydrogen (secondary N) is 1. The van der Waals surface area contributed by atoms with Crippen molar-refractivity contribution in [3.05, 3.63) is 57.3 Å². The zero-order valence-corrected chi connectivity index (χ0v) is 14.6. The van der Waals surface area contributed by atoms with Gasteiger partial charge in [0.05, 0.1) is 6.54 Å². The van der Waals surface area contributed by atoms with Crippen molar-refractivity contribution in [2.75, 3.05) is 6.54 Å². The van der Waals surface area contributed by atoms with E-state index in [0.717, 1.165) is 14.7 Å². The van der Waals surface area contributed by atoms with Crippen LogP contribution in [0.2, 0.25) is 0 Å². The van der Waals surface area contributed by atoms with Gasteiger partial charge in [0.15, 0.2) is 5.78 Å². The fraction of sp³-hybridized carbons (Fsp3) is 0.278. The number of carbonyl (C=O) groups excluding carboxylic acids is 3. The van der Waals surface area contributed by atoms with Crippen molar-refractivity contribution in [2.24, 2.45) is 0 Å². The number of amides is 3. The summed E-state index contributed by atoms with van der Waals surface area (Å²) in [7, 11) is 0. The first-order chi connectivity index (χ1) is 11.3. The second-order valence-electron chi connectivity index (χ2n) is 6.06. The summed E-state index contributed by atoms with van der Waals surface area (Å²) in [6, 6.07) is 10.3. The van der Waals surface area contributed by atoms with E-state index in [1.54, 1.807) is 25.1 Å². The minimum atomic E-state index is -1.14. The topological polar surface area (TPSA) is 66.5 Å². The summed E-state index contributed by atoms with van der Waals surface area (Å²) >= 11 is 1.53. The van der Waals surface area contributed by atoms with Gasteiger partial charge in [-0.3, -0.25) is 14.5 Å². The SMILES string of the molecule is Cc1cc(C(=O)CN2C(=O)N[C@@](C)(c3ccccc3)C2=O)c(C)s1. The Balaban J connectivity index is 1.85. The van der Waals surface area contributed by atoms with Gasteiger partial charge in [0.25, 0.3) is 5.91 Å². The molecule has 0 bridgehead atoms. The number of hydrogen-bond acceptors (Lipinski definition) is 4. The summed E-state index contributed by atoms with van der Waals surface area (Å²) in [5.41, 5.74) is 0.130. The molecule has 124 valence electrons. The third kappa shape index (κ3) is 2.63. The first-order valence-corrected chi connectivity index (χ1v) is 8.44. The maximum Gasteiger partial charge on any atom is 0.325 e. The van der Waals surface area contributed by atoms with Gasteiger partial charge in [-0.1, -0.05) is 30.3 Å². The third-order valence-corrected chi connectivity index (χ3v) is 5.24.